The predicted molar refractivity (Wildman–Crippen MR) is 44.2 cm³/mol. The molecule has 2 aliphatic carbocycles. The van der Waals surface area contributed by atoms with Gasteiger partial charge in [-0.2, -0.15) is 0 Å². The Kier molecular flexibility index (Phi) is 1.50. The van der Waals surface area contributed by atoms with Crippen LogP contribution in [-0.4, -0.2) is 5.78 Å². The van der Waals surface area contributed by atoms with Gasteiger partial charge in [0.15, 0.2) is 5.78 Å². The lowest BCUT2D eigenvalue weighted by Gasteiger charge is -1.90. The van der Waals surface area contributed by atoms with Crippen LogP contribution in [0.3, 0.4) is 0 Å². The first kappa shape index (κ1) is 6.59. The fourth-order valence-corrected chi connectivity index (χ4v) is 1.54. The van der Waals surface area contributed by atoms with Gasteiger partial charge in [0.2, 0.25) is 0 Å². The first-order valence-corrected chi connectivity index (χ1v) is 3.97. The van der Waals surface area contributed by atoms with Crippen molar-refractivity contribution in [3.05, 3.63) is 35.5 Å². The van der Waals surface area contributed by atoms with E-state index in [2.05, 4.69) is 12.2 Å². The average Bonchev–Trinajstić information content (AvgIpc) is 2.25. The Morgan fingerprint density at radius 2 is 1.91 bits per heavy atom. The summed E-state index contributed by atoms with van der Waals surface area (Å²) < 4.78 is 0. The third-order valence-electron chi connectivity index (χ3n) is 2.14. The smallest absolute Gasteiger partial charge is 0.163 e. The normalized spacial score (nSPS) is 22.4. The first-order valence-electron chi connectivity index (χ1n) is 3.97. The Labute approximate surface area is 66.1 Å². The molecule has 56 valence electrons. The molecule has 11 heavy (non-hydrogen) atoms. The van der Waals surface area contributed by atoms with E-state index in [1.807, 2.05) is 12.2 Å². The molecule has 0 saturated heterocycles. The van der Waals surface area contributed by atoms with Crippen LogP contribution in [0.4, 0.5) is 0 Å². The molecule has 0 saturated carbocycles. The quantitative estimate of drug-likeness (QED) is 0.511. The molecule has 0 aromatic rings. The molecular weight excluding hydrogens is 136 g/mol. The van der Waals surface area contributed by atoms with Crippen molar-refractivity contribution in [1.82, 2.24) is 0 Å². The summed E-state index contributed by atoms with van der Waals surface area (Å²) in [5.41, 5.74) is 2.17. The van der Waals surface area contributed by atoms with Crippen LogP contribution in [0.25, 0.3) is 0 Å². The van der Waals surface area contributed by atoms with Crippen LogP contribution in [0.5, 0.6) is 0 Å². The van der Waals surface area contributed by atoms with Gasteiger partial charge in [0.25, 0.3) is 0 Å². The number of hydrogen-bond donors (Lipinski definition) is 0. The second kappa shape index (κ2) is 2.50. The maximum Gasteiger partial charge on any atom is 0.163 e. The average molecular weight is 146 g/mol. The van der Waals surface area contributed by atoms with Crippen LogP contribution in [0.15, 0.2) is 35.5 Å². The van der Waals surface area contributed by atoms with Crippen molar-refractivity contribution in [3.63, 3.8) is 0 Å². The van der Waals surface area contributed by atoms with Gasteiger partial charge in [0.05, 0.1) is 0 Å². The molecule has 2 rings (SSSR count). The molecule has 0 unspecified atom stereocenters. The molecule has 0 heterocycles. The molecule has 0 bridgehead atoms. The molecule has 0 radical (unpaired) electrons. The van der Waals surface area contributed by atoms with Gasteiger partial charge in [0.1, 0.15) is 0 Å². The SMILES string of the molecule is O=C1CCC2=C1C=CCC=C2. The lowest BCUT2D eigenvalue weighted by molar-refractivity contribution is -0.114. The van der Waals surface area contributed by atoms with Crippen LogP contribution in [0.1, 0.15) is 19.3 Å². The van der Waals surface area contributed by atoms with E-state index in [1.54, 1.807) is 0 Å². The molecule has 0 aromatic carbocycles. The molecule has 0 spiro atoms. The van der Waals surface area contributed by atoms with E-state index in [1.165, 1.54) is 5.57 Å². The third-order valence-corrected chi connectivity index (χ3v) is 2.14. The zero-order chi connectivity index (χ0) is 7.68. The minimum Gasteiger partial charge on any atom is -0.294 e. The Bertz CT molecular complexity index is 279. The highest BCUT2D eigenvalue weighted by Gasteiger charge is 2.19. The summed E-state index contributed by atoms with van der Waals surface area (Å²) in [6, 6.07) is 0. The third kappa shape index (κ3) is 1.07. The Morgan fingerprint density at radius 3 is 2.82 bits per heavy atom. The molecule has 0 aliphatic heterocycles. The van der Waals surface area contributed by atoms with E-state index in [9.17, 15) is 4.79 Å². The molecule has 0 N–H and O–H groups in total. The number of allylic oxidation sites excluding steroid dienone is 6. The van der Waals surface area contributed by atoms with Crippen molar-refractivity contribution in [3.8, 4) is 0 Å². The van der Waals surface area contributed by atoms with Gasteiger partial charge in [-0.3, -0.25) is 4.79 Å². The Balaban J connectivity index is 2.44. The van der Waals surface area contributed by atoms with Crippen molar-refractivity contribution in [2.75, 3.05) is 0 Å². The van der Waals surface area contributed by atoms with E-state index in [0.717, 1.165) is 18.4 Å². The number of carbonyl (C=O) groups excluding carboxylic acids is 1. The predicted octanol–water partition coefficient (Wildman–Crippen LogP) is 2.16. The number of ketones is 1. The van der Waals surface area contributed by atoms with Crippen molar-refractivity contribution in [1.29, 1.82) is 0 Å². The molecule has 1 heteroatoms. The van der Waals surface area contributed by atoms with Crippen molar-refractivity contribution < 1.29 is 4.79 Å². The summed E-state index contributed by atoms with van der Waals surface area (Å²) in [6.07, 6.45) is 10.8. The van der Waals surface area contributed by atoms with Gasteiger partial charge in [-0.15, -0.1) is 0 Å². The van der Waals surface area contributed by atoms with Gasteiger partial charge in [-0.25, -0.2) is 0 Å². The summed E-state index contributed by atoms with van der Waals surface area (Å²) in [5, 5.41) is 0. The van der Waals surface area contributed by atoms with Crippen molar-refractivity contribution >= 4 is 5.78 Å². The molecule has 0 aromatic heterocycles. The second-order valence-electron chi connectivity index (χ2n) is 2.90. The number of Topliss-reactive ketones (excluding diaryl/α,β-unsaturated/α-hetero) is 1. The van der Waals surface area contributed by atoms with E-state index in [-0.39, 0.29) is 0 Å². The van der Waals surface area contributed by atoms with Crippen LogP contribution in [0, 0.1) is 0 Å². The topological polar surface area (TPSA) is 17.1 Å². The zero-order valence-corrected chi connectivity index (χ0v) is 6.34. The highest BCUT2D eigenvalue weighted by Crippen LogP contribution is 2.26. The largest absolute Gasteiger partial charge is 0.294 e. The standard InChI is InChI=1S/C10H10O/c11-10-7-6-8-4-2-1-3-5-9(8)10/h2-5H,1,6-7H2. The van der Waals surface area contributed by atoms with Crippen molar-refractivity contribution in [2.45, 2.75) is 19.3 Å². The minimum absolute atomic E-state index is 0.308. The lowest BCUT2D eigenvalue weighted by Crippen LogP contribution is -1.91. The fraction of sp³-hybridized carbons (Fsp3) is 0.300. The van der Waals surface area contributed by atoms with Gasteiger partial charge in [-0.05, 0) is 18.4 Å². The first-order chi connectivity index (χ1) is 5.38. The highest BCUT2D eigenvalue weighted by molar-refractivity contribution is 6.01. The Hall–Kier alpha value is -1.11. The van der Waals surface area contributed by atoms with Crippen LogP contribution < -0.4 is 0 Å². The zero-order valence-electron chi connectivity index (χ0n) is 6.34. The summed E-state index contributed by atoms with van der Waals surface area (Å²) in [4.78, 5) is 11.2. The molecular formula is C10H10O. The number of rotatable bonds is 0. The summed E-state index contributed by atoms with van der Waals surface area (Å²) in [5.74, 6) is 0.308. The lowest BCUT2D eigenvalue weighted by atomic mass is 10.1. The van der Waals surface area contributed by atoms with Gasteiger partial charge >= 0.3 is 0 Å². The molecule has 2 aliphatic rings. The number of carbonyl (C=O) groups is 1. The number of hydrogen-bond acceptors (Lipinski definition) is 1. The second-order valence-corrected chi connectivity index (χ2v) is 2.90. The monoisotopic (exact) mass is 146 g/mol. The fourth-order valence-electron chi connectivity index (χ4n) is 1.54. The summed E-state index contributed by atoms with van der Waals surface area (Å²) >= 11 is 0. The maximum absolute atomic E-state index is 11.2. The maximum atomic E-state index is 11.2. The van der Waals surface area contributed by atoms with Gasteiger partial charge in [0, 0.05) is 12.0 Å². The van der Waals surface area contributed by atoms with E-state index < -0.39 is 0 Å². The van der Waals surface area contributed by atoms with Crippen LogP contribution >= 0.6 is 0 Å². The summed E-state index contributed by atoms with van der Waals surface area (Å²) in [7, 11) is 0. The molecule has 0 amide bonds. The molecule has 0 fully saturated rings. The van der Waals surface area contributed by atoms with Gasteiger partial charge in [-0.1, -0.05) is 24.3 Å². The Morgan fingerprint density at radius 1 is 1.09 bits per heavy atom. The van der Waals surface area contributed by atoms with E-state index in [0.29, 0.717) is 12.2 Å². The summed E-state index contributed by atoms with van der Waals surface area (Å²) in [6.45, 7) is 0. The van der Waals surface area contributed by atoms with Crippen LogP contribution in [-0.2, 0) is 4.79 Å². The van der Waals surface area contributed by atoms with E-state index >= 15 is 0 Å². The van der Waals surface area contributed by atoms with Crippen LogP contribution in [0.2, 0.25) is 0 Å². The minimum atomic E-state index is 0.308. The molecule has 1 nitrogen and oxygen atoms in total. The van der Waals surface area contributed by atoms with Gasteiger partial charge < -0.3 is 0 Å². The van der Waals surface area contributed by atoms with Crippen molar-refractivity contribution in [2.24, 2.45) is 0 Å². The highest BCUT2D eigenvalue weighted by atomic mass is 16.1. The molecule has 0 atom stereocenters. The van der Waals surface area contributed by atoms with E-state index in [4.69, 9.17) is 0 Å².